The molecule has 0 aromatic rings. The fourth-order valence-electron chi connectivity index (χ4n) is 0.263. The number of rotatable bonds is 2. The summed E-state index contributed by atoms with van der Waals surface area (Å²) in [7, 11) is 0. The molecule has 0 rings (SSSR count). The molecule has 48 valence electrons. The molecule has 0 aromatic heterocycles. The quantitative estimate of drug-likeness (QED) is 0.425. The third kappa shape index (κ3) is 3.93. The van der Waals surface area contributed by atoms with Gasteiger partial charge in [-0.05, 0) is 6.42 Å². The van der Waals surface area contributed by atoms with Crippen LogP contribution in [0.5, 0.6) is 0 Å². The molecule has 8 heavy (non-hydrogen) atoms. The van der Waals surface area contributed by atoms with Gasteiger partial charge in [-0.25, -0.2) is 0 Å². The van der Waals surface area contributed by atoms with Crippen LogP contribution >= 0.6 is 11.6 Å². The fraction of sp³-hybridized carbons (Fsp3) is 0.800. The van der Waals surface area contributed by atoms with E-state index in [4.69, 9.17) is 11.6 Å². The van der Waals surface area contributed by atoms with E-state index in [0.29, 0.717) is 6.42 Å². The molecular weight excluding hydrogens is 128 g/mol. The molecule has 0 radical (unpaired) electrons. The first-order valence-corrected chi connectivity index (χ1v) is 2.91. The Hall–Kier alpha value is -0.240. The number of carbonyl (C=O) groups excluding carboxylic acids is 1. The van der Waals surface area contributed by atoms with Crippen molar-refractivity contribution in [3.63, 3.8) is 0 Å². The zero-order valence-corrected chi connectivity index (χ0v) is 5.73. The summed E-state index contributed by atoms with van der Waals surface area (Å²) in [5, 5.41) is 0. The van der Waals surface area contributed by atoms with Gasteiger partial charge < -0.3 is 4.74 Å². The first-order valence-electron chi connectivity index (χ1n) is 2.48. The van der Waals surface area contributed by atoms with Crippen molar-refractivity contribution in [1.29, 1.82) is 0 Å². The van der Waals surface area contributed by atoms with Crippen molar-refractivity contribution in [1.82, 2.24) is 0 Å². The van der Waals surface area contributed by atoms with Crippen molar-refractivity contribution in [2.24, 2.45) is 0 Å². The second kappa shape index (κ2) is 3.72. The van der Waals surface area contributed by atoms with Crippen LogP contribution in [0.4, 0.5) is 0 Å². The van der Waals surface area contributed by atoms with E-state index in [1.165, 1.54) is 6.92 Å². The minimum Gasteiger partial charge on any atom is -0.446 e. The molecular formula is C5H9ClO2. The smallest absolute Gasteiger partial charge is 0.304 e. The molecule has 0 saturated carbocycles. The van der Waals surface area contributed by atoms with E-state index >= 15 is 0 Å². The fourth-order valence-corrected chi connectivity index (χ4v) is 0.389. The minimum atomic E-state index is -0.451. The lowest BCUT2D eigenvalue weighted by molar-refractivity contribution is -0.142. The summed E-state index contributed by atoms with van der Waals surface area (Å²) in [5.41, 5.74) is -0.451. The molecule has 0 N–H and O–H groups in total. The van der Waals surface area contributed by atoms with Gasteiger partial charge in [0.1, 0.15) is 0 Å². The Morgan fingerprint density at radius 1 is 1.88 bits per heavy atom. The Bertz CT molecular complexity index is 82.5. The van der Waals surface area contributed by atoms with Crippen LogP contribution in [-0.2, 0) is 9.53 Å². The van der Waals surface area contributed by atoms with Crippen molar-refractivity contribution in [2.75, 3.05) is 0 Å². The van der Waals surface area contributed by atoms with Gasteiger partial charge in [-0.15, -0.1) is 0 Å². The number of carbonyl (C=O) groups is 1. The minimum absolute atomic E-state index is 0.327. The second-order valence-corrected chi connectivity index (χ2v) is 1.91. The Labute approximate surface area is 53.8 Å². The predicted octanol–water partition coefficient (Wildman–Crippen LogP) is 1.52. The highest BCUT2D eigenvalue weighted by Gasteiger charge is 2.01. The highest BCUT2D eigenvalue weighted by Crippen LogP contribution is 2.01. The van der Waals surface area contributed by atoms with Crippen LogP contribution in [0.25, 0.3) is 0 Å². The van der Waals surface area contributed by atoms with Crippen LogP contribution < -0.4 is 0 Å². The molecule has 0 saturated heterocycles. The summed E-state index contributed by atoms with van der Waals surface area (Å²) in [4.78, 5) is 10.1. The van der Waals surface area contributed by atoms with Gasteiger partial charge >= 0.3 is 5.97 Å². The maximum absolute atomic E-state index is 10.1. The lowest BCUT2D eigenvalue weighted by atomic mass is 10.5. The SMILES string of the molecule is CCC(Cl)OC(C)=O. The molecule has 0 aliphatic carbocycles. The van der Waals surface area contributed by atoms with Gasteiger partial charge in [0, 0.05) is 6.92 Å². The Balaban J connectivity index is 3.24. The van der Waals surface area contributed by atoms with E-state index in [1.807, 2.05) is 6.92 Å². The standard InChI is InChI=1S/C5H9ClO2/c1-3-5(6)8-4(2)7/h5H,3H2,1-2H3. The molecule has 0 aromatic carbocycles. The average Bonchev–Trinajstić information content (AvgIpc) is 1.65. The monoisotopic (exact) mass is 136 g/mol. The van der Waals surface area contributed by atoms with Crippen LogP contribution in [0.2, 0.25) is 0 Å². The van der Waals surface area contributed by atoms with Crippen LogP contribution in [0.3, 0.4) is 0 Å². The van der Waals surface area contributed by atoms with Gasteiger partial charge in [0.2, 0.25) is 0 Å². The van der Waals surface area contributed by atoms with E-state index in [9.17, 15) is 4.79 Å². The second-order valence-electron chi connectivity index (χ2n) is 1.43. The highest BCUT2D eigenvalue weighted by atomic mass is 35.5. The average molecular weight is 137 g/mol. The Kier molecular flexibility index (Phi) is 3.61. The number of halogens is 1. The predicted molar refractivity (Wildman–Crippen MR) is 31.7 cm³/mol. The maximum Gasteiger partial charge on any atom is 0.304 e. The van der Waals surface area contributed by atoms with Gasteiger partial charge in [0.05, 0.1) is 0 Å². The third-order valence-electron chi connectivity index (χ3n) is 0.615. The highest BCUT2D eigenvalue weighted by molar-refractivity contribution is 6.20. The summed E-state index contributed by atoms with van der Waals surface area (Å²) < 4.78 is 4.53. The first-order chi connectivity index (χ1) is 3.66. The summed E-state index contributed by atoms with van der Waals surface area (Å²) >= 11 is 5.42. The summed E-state index contributed by atoms with van der Waals surface area (Å²) in [6.07, 6.45) is 0.654. The molecule has 0 heterocycles. The van der Waals surface area contributed by atoms with Crippen molar-refractivity contribution < 1.29 is 9.53 Å². The molecule has 1 unspecified atom stereocenters. The van der Waals surface area contributed by atoms with E-state index in [-0.39, 0.29) is 5.97 Å². The molecule has 0 aliphatic rings. The van der Waals surface area contributed by atoms with Crippen LogP contribution in [0.1, 0.15) is 20.3 Å². The molecule has 0 amide bonds. The van der Waals surface area contributed by atoms with Gasteiger partial charge in [-0.1, -0.05) is 18.5 Å². The lowest BCUT2D eigenvalue weighted by Crippen LogP contribution is -2.07. The van der Waals surface area contributed by atoms with E-state index < -0.39 is 5.56 Å². The first kappa shape index (κ1) is 7.76. The maximum atomic E-state index is 10.1. The molecule has 0 fully saturated rings. The summed E-state index contributed by atoms with van der Waals surface area (Å²) in [5.74, 6) is -0.327. The molecule has 1 atom stereocenters. The van der Waals surface area contributed by atoms with Gasteiger partial charge in [-0.3, -0.25) is 4.79 Å². The van der Waals surface area contributed by atoms with Crippen LogP contribution in [0.15, 0.2) is 0 Å². The van der Waals surface area contributed by atoms with Crippen molar-refractivity contribution in [2.45, 2.75) is 25.8 Å². The van der Waals surface area contributed by atoms with Gasteiger partial charge in [0.25, 0.3) is 0 Å². The van der Waals surface area contributed by atoms with E-state index in [1.54, 1.807) is 0 Å². The zero-order chi connectivity index (χ0) is 6.57. The van der Waals surface area contributed by atoms with Crippen LogP contribution in [-0.4, -0.2) is 11.5 Å². The number of hydrogen-bond acceptors (Lipinski definition) is 2. The topological polar surface area (TPSA) is 26.3 Å². The normalized spacial score (nSPS) is 12.9. The number of alkyl halides is 1. The van der Waals surface area contributed by atoms with Crippen molar-refractivity contribution in [3.8, 4) is 0 Å². The summed E-state index contributed by atoms with van der Waals surface area (Å²) in [6, 6.07) is 0. The molecule has 2 nitrogen and oxygen atoms in total. The number of esters is 1. The molecule has 3 heteroatoms. The Morgan fingerprint density at radius 3 is 2.50 bits per heavy atom. The number of hydrogen-bond donors (Lipinski definition) is 0. The van der Waals surface area contributed by atoms with Gasteiger partial charge in [-0.2, -0.15) is 0 Å². The summed E-state index contributed by atoms with van der Waals surface area (Å²) in [6.45, 7) is 3.19. The Morgan fingerprint density at radius 2 is 2.38 bits per heavy atom. The van der Waals surface area contributed by atoms with Gasteiger partial charge in [0.15, 0.2) is 5.56 Å². The van der Waals surface area contributed by atoms with Crippen molar-refractivity contribution in [3.05, 3.63) is 0 Å². The zero-order valence-electron chi connectivity index (χ0n) is 4.98. The molecule has 0 aliphatic heterocycles. The van der Waals surface area contributed by atoms with Crippen LogP contribution in [0, 0.1) is 0 Å². The van der Waals surface area contributed by atoms with E-state index in [2.05, 4.69) is 4.74 Å². The third-order valence-corrected chi connectivity index (χ3v) is 1.01. The van der Waals surface area contributed by atoms with Crippen molar-refractivity contribution >= 4 is 17.6 Å². The lowest BCUT2D eigenvalue weighted by Gasteiger charge is -2.04. The van der Waals surface area contributed by atoms with E-state index in [0.717, 1.165) is 0 Å². The largest absolute Gasteiger partial charge is 0.446 e. The molecule has 0 bridgehead atoms. The number of ether oxygens (including phenoxy) is 1. The molecule has 0 spiro atoms.